The number of aromatic nitrogens is 2. The van der Waals surface area contributed by atoms with Gasteiger partial charge in [-0.3, -0.25) is 4.79 Å². The van der Waals surface area contributed by atoms with E-state index in [1.165, 1.54) is 0 Å². The predicted octanol–water partition coefficient (Wildman–Crippen LogP) is 3.09. The standard InChI is InChI=1S/C17H14N4O/c1-21-15-8-7-13(19-16(22)9-10-18)11-14(15)20-17(21)12-5-3-2-4-6-12/h2-8,11H,9H2,1H3,(H,19,22). The molecule has 1 amide bonds. The van der Waals surface area contributed by atoms with Crippen molar-refractivity contribution in [3.63, 3.8) is 0 Å². The highest BCUT2D eigenvalue weighted by Crippen LogP contribution is 2.25. The number of aryl methyl sites for hydroxylation is 1. The van der Waals surface area contributed by atoms with Crippen molar-refractivity contribution in [1.29, 1.82) is 5.26 Å². The largest absolute Gasteiger partial charge is 0.327 e. The molecular formula is C17H14N4O. The lowest BCUT2D eigenvalue weighted by Crippen LogP contribution is -2.09. The Labute approximate surface area is 127 Å². The number of nitrogens with zero attached hydrogens (tertiary/aromatic N) is 3. The zero-order chi connectivity index (χ0) is 15.5. The second-order valence-corrected chi connectivity index (χ2v) is 4.95. The first-order chi connectivity index (χ1) is 10.7. The Morgan fingerprint density at radius 1 is 1.27 bits per heavy atom. The minimum absolute atomic E-state index is 0.157. The van der Waals surface area contributed by atoms with Crippen molar-refractivity contribution >= 4 is 22.6 Å². The van der Waals surface area contributed by atoms with Gasteiger partial charge < -0.3 is 9.88 Å². The fraction of sp³-hybridized carbons (Fsp3) is 0.118. The van der Waals surface area contributed by atoms with Crippen LogP contribution in [0.4, 0.5) is 5.69 Å². The maximum absolute atomic E-state index is 11.5. The molecule has 0 bridgehead atoms. The average molecular weight is 290 g/mol. The van der Waals surface area contributed by atoms with E-state index in [1.54, 1.807) is 0 Å². The molecule has 108 valence electrons. The van der Waals surface area contributed by atoms with E-state index < -0.39 is 0 Å². The van der Waals surface area contributed by atoms with Gasteiger partial charge in [0, 0.05) is 18.3 Å². The van der Waals surface area contributed by atoms with Crippen LogP contribution in [0.1, 0.15) is 6.42 Å². The first kappa shape index (κ1) is 13.8. The van der Waals surface area contributed by atoms with E-state index in [0.29, 0.717) is 5.69 Å². The molecule has 1 heterocycles. The zero-order valence-corrected chi connectivity index (χ0v) is 12.1. The fourth-order valence-electron chi connectivity index (χ4n) is 2.40. The van der Waals surface area contributed by atoms with Gasteiger partial charge in [-0.05, 0) is 18.2 Å². The molecular weight excluding hydrogens is 276 g/mol. The van der Waals surface area contributed by atoms with E-state index in [1.807, 2.05) is 66.2 Å². The van der Waals surface area contributed by atoms with Crippen LogP contribution in [0.15, 0.2) is 48.5 Å². The molecule has 0 aliphatic carbocycles. The monoisotopic (exact) mass is 290 g/mol. The summed E-state index contributed by atoms with van der Waals surface area (Å²) in [5.41, 5.74) is 3.47. The van der Waals surface area contributed by atoms with E-state index >= 15 is 0 Å². The van der Waals surface area contributed by atoms with Crippen LogP contribution in [-0.2, 0) is 11.8 Å². The van der Waals surface area contributed by atoms with Crippen LogP contribution in [0, 0.1) is 11.3 Å². The van der Waals surface area contributed by atoms with E-state index in [4.69, 9.17) is 5.26 Å². The third-order valence-corrected chi connectivity index (χ3v) is 3.44. The maximum Gasteiger partial charge on any atom is 0.238 e. The number of hydrogen-bond donors (Lipinski definition) is 1. The highest BCUT2D eigenvalue weighted by Gasteiger charge is 2.10. The molecule has 0 aliphatic rings. The van der Waals surface area contributed by atoms with Crippen LogP contribution in [0.2, 0.25) is 0 Å². The summed E-state index contributed by atoms with van der Waals surface area (Å²) in [5, 5.41) is 11.2. The summed E-state index contributed by atoms with van der Waals surface area (Å²) >= 11 is 0. The number of imidazole rings is 1. The van der Waals surface area contributed by atoms with E-state index in [2.05, 4.69) is 10.3 Å². The summed E-state index contributed by atoms with van der Waals surface area (Å²) in [4.78, 5) is 16.1. The first-order valence-corrected chi connectivity index (χ1v) is 6.88. The lowest BCUT2D eigenvalue weighted by Gasteiger charge is -2.03. The number of anilines is 1. The lowest BCUT2D eigenvalue weighted by atomic mass is 10.2. The van der Waals surface area contributed by atoms with Crippen molar-refractivity contribution in [1.82, 2.24) is 9.55 Å². The van der Waals surface area contributed by atoms with Crippen molar-refractivity contribution in [3.8, 4) is 17.5 Å². The van der Waals surface area contributed by atoms with Gasteiger partial charge >= 0.3 is 0 Å². The number of nitrogens with one attached hydrogen (secondary N) is 1. The molecule has 0 atom stereocenters. The van der Waals surface area contributed by atoms with Gasteiger partial charge in [-0.2, -0.15) is 5.26 Å². The number of rotatable bonds is 3. The summed E-state index contributed by atoms with van der Waals surface area (Å²) in [5.74, 6) is 0.553. The van der Waals surface area contributed by atoms with Gasteiger partial charge in [-0.1, -0.05) is 30.3 Å². The van der Waals surface area contributed by atoms with Gasteiger partial charge in [-0.25, -0.2) is 4.98 Å². The number of nitriles is 1. The third kappa shape index (κ3) is 2.54. The number of amides is 1. The SMILES string of the molecule is Cn1c(-c2ccccc2)nc2cc(NC(=O)CC#N)ccc21. The number of benzene rings is 2. The maximum atomic E-state index is 11.5. The van der Waals surface area contributed by atoms with Crippen molar-refractivity contribution in [2.75, 3.05) is 5.32 Å². The Bertz CT molecular complexity index is 875. The minimum atomic E-state index is -0.318. The van der Waals surface area contributed by atoms with Crippen molar-refractivity contribution < 1.29 is 4.79 Å². The van der Waals surface area contributed by atoms with Crippen molar-refractivity contribution in [2.45, 2.75) is 6.42 Å². The smallest absolute Gasteiger partial charge is 0.238 e. The number of carbonyl (C=O) groups excluding carboxylic acids is 1. The Balaban J connectivity index is 2.00. The average Bonchev–Trinajstić information content (AvgIpc) is 2.85. The second-order valence-electron chi connectivity index (χ2n) is 4.95. The van der Waals surface area contributed by atoms with Crippen LogP contribution in [0.5, 0.6) is 0 Å². The molecule has 5 heteroatoms. The lowest BCUT2D eigenvalue weighted by molar-refractivity contribution is -0.115. The van der Waals surface area contributed by atoms with Crippen LogP contribution in [0.3, 0.4) is 0 Å². The molecule has 5 nitrogen and oxygen atoms in total. The summed E-state index contributed by atoms with van der Waals surface area (Å²) < 4.78 is 2.02. The number of hydrogen-bond acceptors (Lipinski definition) is 3. The Hall–Kier alpha value is -3.13. The fourth-order valence-corrected chi connectivity index (χ4v) is 2.40. The highest BCUT2D eigenvalue weighted by molar-refractivity contribution is 5.94. The molecule has 0 fully saturated rings. The minimum Gasteiger partial charge on any atom is -0.327 e. The third-order valence-electron chi connectivity index (χ3n) is 3.44. The van der Waals surface area contributed by atoms with Gasteiger partial charge in [0.2, 0.25) is 5.91 Å². The molecule has 0 radical (unpaired) electrons. The van der Waals surface area contributed by atoms with Crippen molar-refractivity contribution in [3.05, 3.63) is 48.5 Å². The molecule has 0 spiro atoms. The molecule has 0 unspecified atom stereocenters. The number of carbonyl (C=O) groups is 1. The van der Waals surface area contributed by atoms with Gasteiger partial charge in [-0.15, -0.1) is 0 Å². The van der Waals surface area contributed by atoms with E-state index in [9.17, 15) is 4.79 Å². The van der Waals surface area contributed by atoms with Crippen LogP contribution in [-0.4, -0.2) is 15.5 Å². The first-order valence-electron chi connectivity index (χ1n) is 6.88. The molecule has 0 saturated heterocycles. The molecule has 3 aromatic rings. The Morgan fingerprint density at radius 2 is 2.05 bits per heavy atom. The van der Waals surface area contributed by atoms with Crippen molar-refractivity contribution in [2.24, 2.45) is 7.05 Å². The summed E-state index contributed by atoms with van der Waals surface area (Å²) in [6.45, 7) is 0. The second kappa shape index (κ2) is 5.70. The van der Waals surface area contributed by atoms with E-state index in [0.717, 1.165) is 22.4 Å². The van der Waals surface area contributed by atoms with Gasteiger partial charge in [0.05, 0.1) is 17.1 Å². The van der Waals surface area contributed by atoms with Crippen LogP contribution >= 0.6 is 0 Å². The molecule has 1 N–H and O–H groups in total. The Kier molecular flexibility index (Phi) is 3.58. The molecule has 0 saturated carbocycles. The van der Waals surface area contributed by atoms with E-state index in [-0.39, 0.29) is 12.3 Å². The quantitative estimate of drug-likeness (QED) is 0.805. The molecule has 3 rings (SSSR count). The predicted molar refractivity (Wildman–Crippen MR) is 85.0 cm³/mol. The van der Waals surface area contributed by atoms with Gasteiger partial charge in [0.15, 0.2) is 0 Å². The topological polar surface area (TPSA) is 70.7 Å². The molecule has 0 aliphatic heterocycles. The summed E-state index contributed by atoms with van der Waals surface area (Å²) in [7, 11) is 1.96. The molecule has 2 aromatic carbocycles. The normalized spacial score (nSPS) is 10.4. The Morgan fingerprint density at radius 3 is 2.77 bits per heavy atom. The van der Waals surface area contributed by atoms with Crippen LogP contribution in [0.25, 0.3) is 22.4 Å². The molecule has 22 heavy (non-hydrogen) atoms. The van der Waals surface area contributed by atoms with Gasteiger partial charge in [0.1, 0.15) is 12.2 Å². The highest BCUT2D eigenvalue weighted by atomic mass is 16.1. The number of fused-ring (bicyclic) bond motifs is 1. The summed E-state index contributed by atoms with van der Waals surface area (Å²) in [6.07, 6.45) is -0.157. The van der Waals surface area contributed by atoms with Gasteiger partial charge in [0.25, 0.3) is 0 Å². The summed E-state index contributed by atoms with van der Waals surface area (Å²) in [6, 6.07) is 17.3. The molecule has 1 aromatic heterocycles. The van der Waals surface area contributed by atoms with Crippen LogP contribution < -0.4 is 5.32 Å². The zero-order valence-electron chi connectivity index (χ0n) is 12.1.